The van der Waals surface area contributed by atoms with Crippen LogP contribution in [0.4, 0.5) is 5.69 Å². The number of ether oxygens (including phenoxy) is 2. The molecule has 0 saturated heterocycles. The van der Waals surface area contributed by atoms with Crippen LogP contribution in [0.15, 0.2) is 24.3 Å². The number of hydrogen-bond acceptors (Lipinski definition) is 5. The number of pyridine rings is 1. The highest BCUT2D eigenvalue weighted by atomic mass is 16.5. The zero-order valence-electron chi connectivity index (χ0n) is 13.0. The number of aromatic nitrogens is 1. The summed E-state index contributed by atoms with van der Waals surface area (Å²) in [6, 6.07) is 7.47. The van der Waals surface area contributed by atoms with E-state index in [4.69, 9.17) is 9.47 Å². The highest BCUT2D eigenvalue weighted by Gasteiger charge is 2.15. The molecule has 0 atom stereocenters. The first kappa shape index (κ1) is 15.1. The predicted octanol–water partition coefficient (Wildman–Crippen LogP) is 2.87. The summed E-state index contributed by atoms with van der Waals surface area (Å²) in [6.45, 7) is 3.89. The van der Waals surface area contributed by atoms with Gasteiger partial charge in [-0.15, -0.1) is 0 Å². The molecule has 0 N–H and O–H groups in total. The quantitative estimate of drug-likeness (QED) is 0.810. The molecule has 2 aromatic rings. The molecule has 1 heterocycles. The Morgan fingerprint density at radius 3 is 2.52 bits per heavy atom. The molecule has 0 radical (unpaired) electrons. The Bertz CT molecular complexity index is 666. The van der Waals surface area contributed by atoms with Crippen molar-refractivity contribution in [3.63, 3.8) is 0 Å². The normalized spacial score (nSPS) is 10.8. The number of carbonyl (C=O) groups excluding carboxylic acids is 1. The standard InChI is InChI=1S/C16H20N2O3/c1-10(2)21-15-9-14(16(19)20-5)17-13-7-6-11(18(3)4)8-12(13)15/h6-10H,1-5H3. The fourth-order valence-corrected chi connectivity index (χ4v) is 2.02. The average molecular weight is 288 g/mol. The van der Waals surface area contributed by atoms with Crippen molar-refractivity contribution in [2.24, 2.45) is 0 Å². The van der Waals surface area contributed by atoms with Crippen molar-refractivity contribution >= 4 is 22.6 Å². The topological polar surface area (TPSA) is 51.7 Å². The lowest BCUT2D eigenvalue weighted by molar-refractivity contribution is 0.0593. The number of rotatable bonds is 4. The van der Waals surface area contributed by atoms with Gasteiger partial charge in [0.2, 0.25) is 0 Å². The second-order valence-electron chi connectivity index (χ2n) is 5.26. The Balaban J connectivity index is 2.65. The lowest BCUT2D eigenvalue weighted by Crippen LogP contribution is -2.11. The summed E-state index contributed by atoms with van der Waals surface area (Å²) in [6.07, 6.45) is 0.00380. The second kappa shape index (κ2) is 5.99. The van der Waals surface area contributed by atoms with Crippen molar-refractivity contribution in [2.75, 3.05) is 26.1 Å². The van der Waals surface area contributed by atoms with Crippen LogP contribution in [0.1, 0.15) is 24.3 Å². The van der Waals surface area contributed by atoms with E-state index in [9.17, 15) is 4.79 Å². The van der Waals surface area contributed by atoms with Crippen LogP contribution in [-0.4, -0.2) is 38.3 Å². The third-order valence-electron chi connectivity index (χ3n) is 3.03. The van der Waals surface area contributed by atoms with Crippen LogP contribution < -0.4 is 9.64 Å². The zero-order valence-corrected chi connectivity index (χ0v) is 13.0. The summed E-state index contributed by atoms with van der Waals surface area (Å²) in [5, 5.41) is 0.877. The van der Waals surface area contributed by atoms with Crippen LogP contribution >= 0.6 is 0 Å². The van der Waals surface area contributed by atoms with Crippen LogP contribution in [0.2, 0.25) is 0 Å². The van der Waals surface area contributed by atoms with Crippen LogP contribution in [-0.2, 0) is 4.74 Å². The molecular weight excluding hydrogens is 268 g/mol. The number of fused-ring (bicyclic) bond motifs is 1. The van der Waals surface area contributed by atoms with Gasteiger partial charge in [0.1, 0.15) is 5.75 Å². The molecule has 0 aliphatic rings. The van der Waals surface area contributed by atoms with Gasteiger partial charge < -0.3 is 14.4 Å². The van der Waals surface area contributed by atoms with Gasteiger partial charge in [-0.2, -0.15) is 0 Å². The van der Waals surface area contributed by atoms with Gasteiger partial charge in [0.05, 0.1) is 18.7 Å². The molecule has 1 aromatic heterocycles. The van der Waals surface area contributed by atoms with E-state index in [1.807, 2.05) is 51.0 Å². The van der Waals surface area contributed by atoms with Gasteiger partial charge in [0.15, 0.2) is 5.69 Å². The molecule has 0 aliphatic heterocycles. The van der Waals surface area contributed by atoms with Crippen molar-refractivity contribution in [3.05, 3.63) is 30.0 Å². The van der Waals surface area contributed by atoms with Gasteiger partial charge >= 0.3 is 5.97 Å². The molecule has 0 saturated carbocycles. The lowest BCUT2D eigenvalue weighted by Gasteiger charge is -2.16. The van der Waals surface area contributed by atoms with Crippen LogP contribution in [0.5, 0.6) is 5.75 Å². The van der Waals surface area contributed by atoms with E-state index >= 15 is 0 Å². The number of benzene rings is 1. The number of methoxy groups -OCH3 is 1. The molecule has 21 heavy (non-hydrogen) atoms. The molecule has 1 aromatic carbocycles. The molecule has 0 amide bonds. The van der Waals surface area contributed by atoms with Crippen molar-refractivity contribution in [2.45, 2.75) is 20.0 Å². The third kappa shape index (κ3) is 3.24. The predicted molar refractivity (Wildman–Crippen MR) is 83.2 cm³/mol. The maximum absolute atomic E-state index is 11.7. The van der Waals surface area contributed by atoms with Crippen LogP contribution in [0.3, 0.4) is 0 Å². The lowest BCUT2D eigenvalue weighted by atomic mass is 10.1. The molecule has 0 aliphatic carbocycles. The summed E-state index contributed by atoms with van der Waals surface area (Å²) in [7, 11) is 5.28. The van der Waals surface area contributed by atoms with E-state index in [-0.39, 0.29) is 11.8 Å². The molecule has 2 rings (SSSR count). The second-order valence-corrected chi connectivity index (χ2v) is 5.26. The largest absolute Gasteiger partial charge is 0.490 e. The minimum atomic E-state index is -0.470. The summed E-state index contributed by atoms with van der Waals surface area (Å²) >= 11 is 0. The fourth-order valence-electron chi connectivity index (χ4n) is 2.02. The average Bonchev–Trinajstić information content (AvgIpc) is 2.45. The van der Waals surface area contributed by atoms with Gasteiger partial charge in [0, 0.05) is 31.2 Å². The van der Waals surface area contributed by atoms with Crippen molar-refractivity contribution in [1.82, 2.24) is 4.98 Å². The Morgan fingerprint density at radius 2 is 1.95 bits per heavy atom. The molecule has 112 valence electrons. The van der Waals surface area contributed by atoms with Crippen molar-refractivity contribution < 1.29 is 14.3 Å². The SMILES string of the molecule is COC(=O)c1cc(OC(C)C)c2cc(N(C)C)ccc2n1. The first-order valence-electron chi connectivity index (χ1n) is 6.79. The number of hydrogen-bond donors (Lipinski definition) is 0. The molecule has 0 unspecified atom stereocenters. The maximum atomic E-state index is 11.7. The summed E-state index contributed by atoms with van der Waals surface area (Å²) < 4.78 is 10.6. The fraction of sp³-hybridized carbons (Fsp3) is 0.375. The first-order valence-corrected chi connectivity index (χ1v) is 6.79. The van der Waals surface area contributed by atoms with Crippen molar-refractivity contribution in [1.29, 1.82) is 0 Å². The van der Waals surface area contributed by atoms with E-state index in [2.05, 4.69) is 4.98 Å². The van der Waals surface area contributed by atoms with Crippen LogP contribution in [0, 0.1) is 0 Å². The van der Waals surface area contributed by atoms with E-state index in [1.165, 1.54) is 7.11 Å². The highest BCUT2D eigenvalue weighted by molar-refractivity contribution is 5.95. The number of esters is 1. The molecule has 0 fully saturated rings. The van der Waals surface area contributed by atoms with Gasteiger partial charge in [-0.05, 0) is 32.0 Å². The van der Waals surface area contributed by atoms with Gasteiger partial charge in [-0.1, -0.05) is 0 Å². The Labute approximate surface area is 124 Å². The van der Waals surface area contributed by atoms with E-state index in [0.29, 0.717) is 11.3 Å². The van der Waals surface area contributed by atoms with E-state index in [0.717, 1.165) is 11.1 Å². The minimum Gasteiger partial charge on any atom is -0.490 e. The molecular formula is C16H20N2O3. The summed E-state index contributed by atoms with van der Waals surface area (Å²) in [4.78, 5) is 18.1. The highest BCUT2D eigenvalue weighted by Crippen LogP contribution is 2.30. The van der Waals surface area contributed by atoms with Crippen LogP contribution in [0.25, 0.3) is 10.9 Å². The number of carbonyl (C=O) groups is 1. The molecule has 5 nitrogen and oxygen atoms in total. The molecule has 5 heteroatoms. The van der Waals surface area contributed by atoms with Gasteiger partial charge in [-0.25, -0.2) is 9.78 Å². The zero-order chi connectivity index (χ0) is 15.6. The minimum absolute atomic E-state index is 0.00380. The number of anilines is 1. The van der Waals surface area contributed by atoms with E-state index < -0.39 is 5.97 Å². The van der Waals surface area contributed by atoms with Crippen molar-refractivity contribution in [3.8, 4) is 5.75 Å². The molecule has 0 bridgehead atoms. The number of nitrogens with zero attached hydrogens (tertiary/aromatic N) is 2. The Morgan fingerprint density at radius 1 is 1.24 bits per heavy atom. The van der Waals surface area contributed by atoms with Gasteiger partial charge in [0.25, 0.3) is 0 Å². The summed E-state index contributed by atoms with van der Waals surface area (Å²) in [5.41, 5.74) is 2.00. The monoisotopic (exact) mass is 288 g/mol. The maximum Gasteiger partial charge on any atom is 0.356 e. The summed E-state index contributed by atoms with van der Waals surface area (Å²) in [5.74, 6) is 0.168. The Hall–Kier alpha value is -2.30. The third-order valence-corrected chi connectivity index (χ3v) is 3.03. The van der Waals surface area contributed by atoms with Gasteiger partial charge in [-0.3, -0.25) is 0 Å². The Kier molecular flexibility index (Phi) is 4.31. The smallest absolute Gasteiger partial charge is 0.356 e. The molecule has 0 spiro atoms. The first-order chi connectivity index (χ1) is 9.92. The van der Waals surface area contributed by atoms with E-state index in [1.54, 1.807) is 6.07 Å².